The molecule has 0 fully saturated rings. The standard InChI is InChI=1S/C16H24ClNOS/c1-11(2)9-18(16(19)7-6-13(4)17)10-15-12(3)8-14(5)20-15/h6-8,11,13H,9-10H2,1-5H3/b7-6+. The number of alkyl halides is 1. The van der Waals surface area contributed by atoms with Gasteiger partial charge >= 0.3 is 0 Å². The smallest absolute Gasteiger partial charge is 0.246 e. The number of thiophene rings is 1. The molecule has 112 valence electrons. The molecule has 1 aromatic rings. The van der Waals surface area contributed by atoms with Gasteiger partial charge in [0.1, 0.15) is 0 Å². The summed E-state index contributed by atoms with van der Waals surface area (Å²) in [6.07, 6.45) is 3.33. The highest BCUT2D eigenvalue weighted by Gasteiger charge is 2.15. The summed E-state index contributed by atoms with van der Waals surface area (Å²) in [4.78, 5) is 16.8. The van der Waals surface area contributed by atoms with E-state index < -0.39 is 0 Å². The number of hydrogen-bond donors (Lipinski definition) is 0. The van der Waals surface area contributed by atoms with Crippen molar-refractivity contribution in [3.05, 3.63) is 33.5 Å². The number of halogens is 1. The second-order valence-electron chi connectivity index (χ2n) is 5.61. The lowest BCUT2D eigenvalue weighted by atomic mass is 10.2. The summed E-state index contributed by atoms with van der Waals surface area (Å²) >= 11 is 7.63. The molecule has 0 radical (unpaired) electrons. The number of nitrogens with zero attached hydrogens (tertiary/aromatic N) is 1. The molecule has 20 heavy (non-hydrogen) atoms. The second-order valence-corrected chi connectivity index (χ2v) is 7.64. The van der Waals surface area contributed by atoms with Crippen LogP contribution in [-0.4, -0.2) is 22.7 Å². The van der Waals surface area contributed by atoms with Crippen LogP contribution in [0.1, 0.15) is 36.1 Å². The van der Waals surface area contributed by atoms with Crippen LogP contribution in [0, 0.1) is 19.8 Å². The zero-order valence-corrected chi connectivity index (χ0v) is 14.5. The Kier molecular flexibility index (Phi) is 6.77. The molecule has 1 unspecified atom stereocenters. The predicted molar refractivity (Wildman–Crippen MR) is 88.5 cm³/mol. The van der Waals surface area contributed by atoms with Crippen LogP contribution in [0.3, 0.4) is 0 Å². The minimum Gasteiger partial charge on any atom is -0.334 e. The van der Waals surface area contributed by atoms with Gasteiger partial charge in [-0.1, -0.05) is 19.9 Å². The Morgan fingerprint density at radius 3 is 2.50 bits per heavy atom. The van der Waals surface area contributed by atoms with E-state index in [4.69, 9.17) is 11.6 Å². The van der Waals surface area contributed by atoms with Crippen molar-refractivity contribution in [2.75, 3.05) is 6.54 Å². The summed E-state index contributed by atoms with van der Waals surface area (Å²) in [6, 6.07) is 2.18. The van der Waals surface area contributed by atoms with Crippen LogP contribution in [-0.2, 0) is 11.3 Å². The van der Waals surface area contributed by atoms with E-state index in [9.17, 15) is 4.79 Å². The van der Waals surface area contributed by atoms with E-state index >= 15 is 0 Å². The molecular formula is C16H24ClNOS. The van der Waals surface area contributed by atoms with Crippen molar-refractivity contribution in [3.8, 4) is 0 Å². The summed E-state index contributed by atoms with van der Waals surface area (Å²) in [6.45, 7) is 11.8. The third-order valence-corrected chi connectivity index (χ3v) is 4.16. The van der Waals surface area contributed by atoms with Gasteiger partial charge in [0.05, 0.1) is 6.54 Å². The molecule has 0 aliphatic rings. The molecule has 1 amide bonds. The Morgan fingerprint density at radius 2 is 2.05 bits per heavy atom. The van der Waals surface area contributed by atoms with Gasteiger partial charge in [-0.25, -0.2) is 0 Å². The Hall–Kier alpha value is -0.800. The first-order valence-electron chi connectivity index (χ1n) is 6.96. The van der Waals surface area contributed by atoms with Crippen LogP contribution in [0.25, 0.3) is 0 Å². The maximum Gasteiger partial charge on any atom is 0.246 e. The van der Waals surface area contributed by atoms with Crippen molar-refractivity contribution in [1.29, 1.82) is 0 Å². The first-order chi connectivity index (χ1) is 9.29. The minimum absolute atomic E-state index is 0.0386. The van der Waals surface area contributed by atoms with E-state index in [1.807, 2.05) is 11.8 Å². The molecule has 4 heteroatoms. The van der Waals surface area contributed by atoms with E-state index in [1.165, 1.54) is 15.3 Å². The highest BCUT2D eigenvalue weighted by Crippen LogP contribution is 2.23. The fourth-order valence-corrected chi connectivity index (χ4v) is 3.15. The molecule has 2 nitrogen and oxygen atoms in total. The Labute approximate surface area is 131 Å². The number of amides is 1. The van der Waals surface area contributed by atoms with Crippen molar-refractivity contribution in [3.63, 3.8) is 0 Å². The summed E-state index contributed by atoms with van der Waals surface area (Å²) < 4.78 is 0. The highest BCUT2D eigenvalue weighted by atomic mass is 35.5. The van der Waals surface area contributed by atoms with Crippen molar-refractivity contribution in [1.82, 2.24) is 4.90 Å². The molecule has 1 heterocycles. The first-order valence-corrected chi connectivity index (χ1v) is 8.22. The largest absolute Gasteiger partial charge is 0.334 e. The number of carbonyl (C=O) groups is 1. The lowest BCUT2D eigenvalue weighted by molar-refractivity contribution is -0.127. The average molecular weight is 314 g/mol. The molecule has 1 atom stereocenters. The quantitative estimate of drug-likeness (QED) is 0.558. The molecular weight excluding hydrogens is 290 g/mol. The summed E-state index contributed by atoms with van der Waals surface area (Å²) in [5.41, 5.74) is 1.27. The number of aryl methyl sites for hydroxylation is 2. The van der Waals surface area contributed by atoms with Gasteiger partial charge in [-0.05, 0) is 38.3 Å². The molecule has 0 N–H and O–H groups in total. The Bertz CT molecular complexity index is 477. The lowest BCUT2D eigenvalue weighted by Crippen LogP contribution is -2.32. The van der Waals surface area contributed by atoms with Gasteiger partial charge in [0.2, 0.25) is 5.91 Å². The van der Waals surface area contributed by atoms with Gasteiger partial charge in [0.15, 0.2) is 0 Å². The second kappa shape index (κ2) is 7.84. The molecule has 0 aromatic carbocycles. The Balaban J connectivity index is 2.84. The average Bonchev–Trinajstić information content (AvgIpc) is 2.63. The van der Waals surface area contributed by atoms with Gasteiger partial charge in [-0.3, -0.25) is 4.79 Å². The van der Waals surface area contributed by atoms with E-state index in [0.717, 1.165) is 6.54 Å². The molecule has 0 saturated heterocycles. The SMILES string of the molecule is Cc1cc(C)c(CN(CC(C)C)C(=O)/C=C/C(C)Cl)s1. The maximum atomic E-state index is 12.3. The van der Waals surface area contributed by atoms with E-state index in [0.29, 0.717) is 12.5 Å². The molecule has 0 saturated carbocycles. The fourth-order valence-electron chi connectivity index (χ4n) is 2.01. The number of allylic oxidation sites excluding steroid dienone is 1. The van der Waals surface area contributed by atoms with Crippen LogP contribution in [0.4, 0.5) is 0 Å². The van der Waals surface area contributed by atoms with Crippen LogP contribution in [0.15, 0.2) is 18.2 Å². The Morgan fingerprint density at radius 1 is 1.40 bits per heavy atom. The molecule has 0 bridgehead atoms. The lowest BCUT2D eigenvalue weighted by Gasteiger charge is -2.23. The van der Waals surface area contributed by atoms with Gasteiger partial charge in [-0.15, -0.1) is 22.9 Å². The number of carbonyl (C=O) groups excluding carboxylic acids is 1. The predicted octanol–water partition coefficient (Wildman–Crippen LogP) is 4.53. The van der Waals surface area contributed by atoms with E-state index in [2.05, 4.69) is 33.8 Å². The van der Waals surface area contributed by atoms with Crippen molar-refractivity contribution in [2.45, 2.75) is 46.5 Å². The summed E-state index contributed by atoms with van der Waals surface area (Å²) in [5, 5.41) is -0.120. The van der Waals surface area contributed by atoms with Crippen LogP contribution >= 0.6 is 22.9 Å². The van der Waals surface area contributed by atoms with Crippen LogP contribution in [0.5, 0.6) is 0 Å². The first kappa shape index (κ1) is 17.3. The van der Waals surface area contributed by atoms with Gasteiger partial charge in [0.25, 0.3) is 0 Å². The third kappa shape index (κ3) is 5.68. The van der Waals surface area contributed by atoms with Gasteiger partial charge in [0, 0.05) is 27.8 Å². The summed E-state index contributed by atoms with van der Waals surface area (Å²) in [5.74, 6) is 0.485. The van der Waals surface area contributed by atoms with Gasteiger partial charge < -0.3 is 4.90 Å². The van der Waals surface area contributed by atoms with Gasteiger partial charge in [-0.2, -0.15) is 0 Å². The molecule has 0 spiro atoms. The van der Waals surface area contributed by atoms with Crippen molar-refractivity contribution < 1.29 is 4.79 Å². The zero-order chi connectivity index (χ0) is 15.3. The van der Waals surface area contributed by atoms with Crippen molar-refractivity contribution >= 4 is 28.8 Å². The fraction of sp³-hybridized carbons (Fsp3) is 0.562. The maximum absolute atomic E-state index is 12.3. The number of rotatable bonds is 6. The number of hydrogen-bond acceptors (Lipinski definition) is 2. The monoisotopic (exact) mass is 313 g/mol. The molecule has 0 aliphatic heterocycles. The topological polar surface area (TPSA) is 20.3 Å². The molecule has 0 aliphatic carbocycles. The van der Waals surface area contributed by atoms with Crippen LogP contribution < -0.4 is 0 Å². The normalized spacial score (nSPS) is 13.2. The highest BCUT2D eigenvalue weighted by molar-refractivity contribution is 7.12. The molecule has 1 rings (SSSR count). The summed E-state index contributed by atoms with van der Waals surface area (Å²) in [7, 11) is 0. The minimum atomic E-state index is -0.120. The van der Waals surface area contributed by atoms with E-state index in [-0.39, 0.29) is 11.3 Å². The van der Waals surface area contributed by atoms with E-state index in [1.54, 1.807) is 23.5 Å². The molecule has 1 aromatic heterocycles. The third-order valence-electron chi connectivity index (χ3n) is 2.88. The zero-order valence-electron chi connectivity index (χ0n) is 12.9. The van der Waals surface area contributed by atoms with Crippen LogP contribution in [0.2, 0.25) is 0 Å². The van der Waals surface area contributed by atoms with Crippen molar-refractivity contribution in [2.24, 2.45) is 5.92 Å².